The van der Waals surface area contributed by atoms with E-state index >= 15 is 0 Å². The molecule has 4 rings (SSSR count). The highest BCUT2D eigenvalue weighted by Gasteiger charge is 2.34. The quantitative estimate of drug-likeness (QED) is 0.157. The largest absolute Gasteiger partial charge is 0.457 e. The molecule has 0 spiro atoms. The van der Waals surface area contributed by atoms with Crippen molar-refractivity contribution in [1.82, 2.24) is 5.32 Å². The minimum Gasteiger partial charge on any atom is -0.457 e. The Morgan fingerprint density at radius 2 is 1.82 bits per heavy atom. The number of hydrogen-bond donors (Lipinski definition) is 1. The highest BCUT2D eigenvalue weighted by Crippen LogP contribution is 2.37. The molecule has 3 aromatic rings. The van der Waals surface area contributed by atoms with Crippen LogP contribution in [0.1, 0.15) is 18.2 Å². The molecule has 0 radical (unpaired) electrons. The summed E-state index contributed by atoms with van der Waals surface area (Å²) in [5.41, 5.74) is 1.31. The Morgan fingerprint density at radius 1 is 1.12 bits per heavy atom. The maximum atomic E-state index is 13.2. The van der Waals surface area contributed by atoms with Crippen LogP contribution in [-0.2, 0) is 16.0 Å². The number of amides is 2. The fourth-order valence-corrected chi connectivity index (χ4v) is 4.18. The third-order valence-corrected chi connectivity index (χ3v) is 6.02. The molecule has 2 amide bonds. The average Bonchev–Trinajstić information content (AvgIpc) is 3.25. The highest BCUT2D eigenvalue weighted by atomic mass is 35.5. The number of thiocarbonyl (C=S) groups is 1. The van der Waals surface area contributed by atoms with Gasteiger partial charge < -0.3 is 4.42 Å². The minimum absolute atomic E-state index is 0.0308. The maximum Gasteiger partial charge on any atom is 0.288 e. The van der Waals surface area contributed by atoms with Crippen molar-refractivity contribution in [3.05, 3.63) is 85.6 Å². The second kappa shape index (κ2) is 9.38. The Hall–Kier alpha value is -3.53. The molecule has 1 fully saturated rings. The van der Waals surface area contributed by atoms with Crippen LogP contribution in [0.15, 0.2) is 58.5 Å². The van der Waals surface area contributed by atoms with Crippen molar-refractivity contribution in [3.63, 3.8) is 0 Å². The molecule has 2 aromatic carbocycles. The molecular weight excluding hydrogens is 501 g/mol. The van der Waals surface area contributed by atoms with Crippen molar-refractivity contribution < 1.29 is 18.9 Å². The van der Waals surface area contributed by atoms with Gasteiger partial charge in [-0.05, 0) is 60.6 Å². The number of furan rings is 1. The number of rotatable bonds is 5. The summed E-state index contributed by atoms with van der Waals surface area (Å²) in [6, 6.07) is 12.7. The summed E-state index contributed by atoms with van der Waals surface area (Å²) in [5.74, 6) is -0.926. The smallest absolute Gasteiger partial charge is 0.288 e. The Balaban J connectivity index is 1.68. The molecule has 11 heteroatoms. The molecule has 0 atom stereocenters. The van der Waals surface area contributed by atoms with Crippen molar-refractivity contribution in [2.45, 2.75) is 13.3 Å². The summed E-state index contributed by atoms with van der Waals surface area (Å²) in [6.45, 7) is 2.01. The number of aryl methyl sites for hydroxylation is 1. The first-order chi connectivity index (χ1) is 16.2. The van der Waals surface area contributed by atoms with Gasteiger partial charge in [0.1, 0.15) is 22.1 Å². The molecule has 1 aliphatic rings. The molecule has 1 aromatic heterocycles. The molecule has 1 saturated heterocycles. The second-order valence-electron chi connectivity index (χ2n) is 7.22. The van der Waals surface area contributed by atoms with Crippen LogP contribution in [0.2, 0.25) is 10.0 Å². The molecule has 1 aliphatic heterocycles. The minimum atomic E-state index is -0.672. The van der Waals surface area contributed by atoms with E-state index in [1.165, 1.54) is 35.2 Å². The van der Waals surface area contributed by atoms with E-state index in [2.05, 4.69) is 5.32 Å². The lowest BCUT2D eigenvalue weighted by atomic mass is 10.1. The topological polar surface area (TPSA) is 106 Å². The molecule has 0 aliphatic carbocycles. The number of hydrogen-bond acceptors (Lipinski definition) is 6. The summed E-state index contributed by atoms with van der Waals surface area (Å²) < 4.78 is 5.71. The third-order valence-electron chi connectivity index (χ3n) is 5.12. The summed E-state index contributed by atoms with van der Waals surface area (Å²) in [6.07, 6.45) is 2.11. The first-order valence-electron chi connectivity index (χ1n) is 9.93. The van der Waals surface area contributed by atoms with E-state index in [9.17, 15) is 19.7 Å². The predicted octanol–water partition coefficient (Wildman–Crippen LogP) is 5.56. The summed E-state index contributed by atoms with van der Waals surface area (Å²) in [4.78, 5) is 37.5. The third kappa shape index (κ3) is 4.45. The van der Waals surface area contributed by atoms with Gasteiger partial charge in [-0.1, -0.05) is 42.3 Å². The van der Waals surface area contributed by atoms with Gasteiger partial charge in [-0.25, -0.2) is 0 Å². The summed E-state index contributed by atoms with van der Waals surface area (Å²) in [5, 5.41) is 13.7. The molecule has 172 valence electrons. The van der Waals surface area contributed by atoms with Gasteiger partial charge >= 0.3 is 0 Å². The number of carbonyl (C=O) groups excluding carboxylic acids is 2. The molecule has 0 unspecified atom stereocenters. The molecule has 1 N–H and O–H groups in total. The number of carbonyl (C=O) groups is 2. The highest BCUT2D eigenvalue weighted by molar-refractivity contribution is 7.80. The molecule has 2 heterocycles. The van der Waals surface area contributed by atoms with Crippen molar-refractivity contribution in [2.24, 2.45) is 0 Å². The number of anilines is 1. The predicted molar refractivity (Wildman–Crippen MR) is 133 cm³/mol. The van der Waals surface area contributed by atoms with Gasteiger partial charge in [0.15, 0.2) is 5.11 Å². The lowest BCUT2D eigenvalue weighted by molar-refractivity contribution is -0.384. The van der Waals surface area contributed by atoms with E-state index in [4.69, 9.17) is 39.8 Å². The van der Waals surface area contributed by atoms with Crippen LogP contribution in [0.25, 0.3) is 17.4 Å². The lowest BCUT2D eigenvalue weighted by Crippen LogP contribution is -2.54. The van der Waals surface area contributed by atoms with E-state index in [1.54, 1.807) is 12.1 Å². The summed E-state index contributed by atoms with van der Waals surface area (Å²) >= 11 is 17.3. The summed E-state index contributed by atoms with van der Waals surface area (Å²) in [7, 11) is 0. The van der Waals surface area contributed by atoms with Gasteiger partial charge in [-0.15, -0.1) is 0 Å². The zero-order valence-corrected chi connectivity index (χ0v) is 19.8. The fraction of sp³-hybridized carbons (Fsp3) is 0.0870. The van der Waals surface area contributed by atoms with Crippen molar-refractivity contribution in [2.75, 3.05) is 4.90 Å². The van der Waals surface area contributed by atoms with Gasteiger partial charge in [-0.2, -0.15) is 0 Å². The van der Waals surface area contributed by atoms with Crippen molar-refractivity contribution in [3.8, 4) is 11.3 Å². The van der Waals surface area contributed by atoms with Gasteiger partial charge in [0.25, 0.3) is 17.5 Å². The normalized spacial score (nSPS) is 15.1. The van der Waals surface area contributed by atoms with Crippen LogP contribution < -0.4 is 10.2 Å². The van der Waals surface area contributed by atoms with Crippen LogP contribution in [0.3, 0.4) is 0 Å². The number of nitrogens with zero attached hydrogens (tertiary/aromatic N) is 2. The van der Waals surface area contributed by atoms with Crippen molar-refractivity contribution >= 4 is 69.8 Å². The number of nitro benzene ring substituents is 1. The first-order valence-corrected chi connectivity index (χ1v) is 11.1. The Labute approximate surface area is 208 Å². The monoisotopic (exact) mass is 515 g/mol. The number of nitrogens with one attached hydrogen (secondary N) is 1. The molecule has 34 heavy (non-hydrogen) atoms. The van der Waals surface area contributed by atoms with Crippen LogP contribution in [0.4, 0.5) is 11.4 Å². The van der Waals surface area contributed by atoms with Gasteiger partial charge in [-0.3, -0.25) is 29.9 Å². The van der Waals surface area contributed by atoms with E-state index in [0.29, 0.717) is 5.69 Å². The van der Waals surface area contributed by atoms with E-state index < -0.39 is 16.7 Å². The molecule has 0 saturated carbocycles. The Kier molecular flexibility index (Phi) is 6.52. The number of halogens is 2. The fourth-order valence-electron chi connectivity index (χ4n) is 3.36. The Bertz CT molecular complexity index is 1380. The number of nitro groups is 1. The van der Waals surface area contributed by atoms with E-state index in [1.807, 2.05) is 19.1 Å². The van der Waals surface area contributed by atoms with Crippen LogP contribution in [0.5, 0.6) is 0 Å². The Morgan fingerprint density at radius 3 is 2.47 bits per heavy atom. The van der Waals surface area contributed by atoms with E-state index in [-0.39, 0.29) is 43.5 Å². The van der Waals surface area contributed by atoms with Gasteiger partial charge in [0.2, 0.25) is 0 Å². The van der Waals surface area contributed by atoms with Gasteiger partial charge in [0, 0.05) is 11.6 Å². The number of benzene rings is 2. The zero-order chi connectivity index (χ0) is 24.6. The zero-order valence-electron chi connectivity index (χ0n) is 17.5. The maximum absolute atomic E-state index is 13.2. The molecule has 8 nitrogen and oxygen atoms in total. The SMILES string of the molecule is CCc1ccc(N2C(=O)/C(=C/c3ccc(-c4cc([N+](=O)[O-])c(Cl)cc4Cl)o3)C(=O)NC2=S)cc1. The molecular formula is C23H15Cl2N3O5S. The van der Waals surface area contributed by atoms with Crippen LogP contribution in [0, 0.1) is 10.1 Å². The second-order valence-corrected chi connectivity index (χ2v) is 8.42. The van der Waals surface area contributed by atoms with E-state index in [0.717, 1.165) is 12.0 Å². The van der Waals surface area contributed by atoms with Crippen LogP contribution >= 0.6 is 35.4 Å². The standard InChI is InChI=1S/C23H15Cl2N3O5S/c1-2-12-3-5-13(6-4-12)27-22(30)16(21(29)26-23(27)34)9-14-7-8-20(33-14)15-10-19(28(31)32)18(25)11-17(15)24/h3-11H,2H2,1H3,(H,26,29,34)/b16-9+. The molecule has 0 bridgehead atoms. The van der Waals surface area contributed by atoms with Gasteiger partial charge in [0.05, 0.1) is 15.6 Å². The van der Waals surface area contributed by atoms with Crippen LogP contribution in [-0.4, -0.2) is 21.9 Å². The average molecular weight is 516 g/mol. The first kappa shape index (κ1) is 23.6. The van der Waals surface area contributed by atoms with Crippen molar-refractivity contribution in [1.29, 1.82) is 0 Å². The lowest BCUT2D eigenvalue weighted by Gasteiger charge is -2.28.